The highest BCUT2D eigenvalue weighted by Gasteiger charge is 2.33. The first-order chi connectivity index (χ1) is 6.58. The summed E-state index contributed by atoms with van der Waals surface area (Å²) < 4.78 is 30.1. The van der Waals surface area contributed by atoms with Crippen LogP contribution in [0.25, 0.3) is 0 Å². The van der Waals surface area contributed by atoms with Crippen molar-refractivity contribution in [3.63, 3.8) is 0 Å². The maximum absolute atomic E-state index is 12.4. The van der Waals surface area contributed by atoms with Crippen molar-refractivity contribution in [3.05, 3.63) is 23.2 Å². The second kappa shape index (κ2) is 3.35. The van der Waals surface area contributed by atoms with E-state index in [0.717, 1.165) is 0 Å². The van der Waals surface area contributed by atoms with Crippen molar-refractivity contribution in [2.45, 2.75) is 32.3 Å². The summed E-state index contributed by atoms with van der Waals surface area (Å²) in [5.74, 6) is 0.415. The number of furan rings is 1. The van der Waals surface area contributed by atoms with Crippen LogP contribution < -0.4 is 0 Å². The summed E-state index contributed by atoms with van der Waals surface area (Å²) in [6.07, 6.45) is -2.82. The summed E-state index contributed by atoms with van der Waals surface area (Å²) in [6, 6.07) is 1.72. The van der Waals surface area contributed by atoms with Crippen molar-refractivity contribution < 1.29 is 18.3 Å². The number of aryl methyl sites for hydroxylation is 1. The van der Waals surface area contributed by atoms with E-state index >= 15 is 0 Å². The van der Waals surface area contributed by atoms with Gasteiger partial charge in [-0.15, -0.1) is 0 Å². The van der Waals surface area contributed by atoms with Gasteiger partial charge in [0.25, 0.3) is 0 Å². The fourth-order valence-corrected chi connectivity index (χ4v) is 1.95. The van der Waals surface area contributed by atoms with Crippen molar-refractivity contribution >= 4 is 0 Å². The number of aliphatic hydroxyl groups excluding tert-OH is 1. The standard InChI is InChI=1S/C10H12F2O2/c1-5-2-7-8(13)3-6(10(11)12)4-9(7)14-5/h2,6,8,10,13H,3-4H2,1H3. The van der Waals surface area contributed by atoms with Gasteiger partial charge in [-0.3, -0.25) is 0 Å². The minimum atomic E-state index is -2.39. The van der Waals surface area contributed by atoms with Crippen LogP contribution in [0.3, 0.4) is 0 Å². The first kappa shape index (κ1) is 9.65. The van der Waals surface area contributed by atoms with Gasteiger partial charge in [0.05, 0.1) is 6.10 Å². The molecule has 14 heavy (non-hydrogen) atoms. The molecule has 1 aromatic rings. The summed E-state index contributed by atoms with van der Waals surface area (Å²) in [6.45, 7) is 1.75. The van der Waals surface area contributed by atoms with Crippen molar-refractivity contribution in [2.75, 3.05) is 0 Å². The first-order valence-electron chi connectivity index (χ1n) is 4.63. The Bertz CT molecular complexity index is 333. The van der Waals surface area contributed by atoms with E-state index in [1.165, 1.54) is 0 Å². The summed E-state index contributed by atoms with van der Waals surface area (Å²) in [4.78, 5) is 0. The number of aliphatic hydroxyl groups is 1. The van der Waals surface area contributed by atoms with Crippen LogP contribution in [-0.4, -0.2) is 11.5 Å². The lowest BCUT2D eigenvalue weighted by atomic mass is 9.86. The molecule has 4 heteroatoms. The molecule has 0 saturated heterocycles. The molecule has 2 atom stereocenters. The Labute approximate surface area is 80.5 Å². The van der Waals surface area contributed by atoms with Gasteiger partial charge < -0.3 is 9.52 Å². The minimum Gasteiger partial charge on any atom is -0.466 e. The SMILES string of the molecule is Cc1cc2c(o1)CC(C(F)F)CC2O. The molecule has 1 aromatic heterocycles. The number of halogens is 2. The summed E-state index contributed by atoms with van der Waals surface area (Å²) in [5.41, 5.74) is 0.680. The molecule has 0 saturated carbocycles. The van der Waals surface area contributed by atoms with Crippen LogP contribution in [0, 0.1) is 12.8 Å². The van der Waals surface area contributed by atoms with Gasteiger partial charge in [-0.1, -0.05) is 0 Å². The second-order valence-corrected chi connectivity index (χ2v) is 3.79. The molecular weight excluding hydrogens is 190 g/mol. The molecule has 0 aromatic carbocycles. The first-order valence-corrected chi connectivity index (χ1v) is 4.63. The Kier molecular flexibility index (Phi) is 2.31. The van der Waals surface area contributed by atoms with Crippen LogP contribution >= 0.6 is 0 Å². The summed E-state index contributed by atoms with van der Waals surface area (Å²) in [5, 5.41) is 9.60. The van der Waals surface area contributed by atoms with Crippen molar-refractivity contribution in [1.82, 2.24) is 0 Å². The average Bonchev–Trinajstić information content (AvgIpc) is 2.45. The maximum Gasteiger partial charge on any atom is 0.241 e. The van der Waals surface area contributed by atoms with Gasteiger partial charge in [-0.2, -0.15) is 0 Å². The van der Waals surface area contributed by atoms with Crippen LogP contribution in [0.4, 0.5) is 8.78 Å². The molecular formula is C10H12F2O2. The molecule has 0 radical (unpaired) electrons. The second-order valence-electron chi connectivity index (χ2n) is 3.79. The molecule has 0 bridgehead atoms. The third-order valence-corrected chi connectivity index (χ3v) is 2.65. The van der Waals surface area contributed by atoms with Gasteiger partial charge in [0.15, 0.2) is 0 Å². The Hall–Kier alpha value is -0.900. The van der Waals surface area contributed by atoms with Crippen LogP contribution in [-0.2, 0) is 6.42 Å². The normalized spacial score (nSPS) is 26.6. The van der Waals surface area contributed by atoms with Gasteiger partial charge in [0.1, 0.15) is 11.5 Å². The largest absolute Gasteiger partial charge is 0.466 e. The molecule has 0 amide bonds. The molecule has 1 aliphatic rings. The molecule has 0 spiro atoms. The lowest BCUT2D eigenvalue weighted by Gasteiger charge is -2.24. The Morgan fingerprint density at radius 3 is 2.93 bits per heavy atom. The maximum atomic E-state index is 12.4. The van der Waals surface area contributed by atoms with Crippen LogP contribution in [0.15, 0.2) is 10.5 Å². The topological polar surface area (TPSA) is 33.4 Å². The Morgan fingerprint density at radius 1 is 1.57 bits per heavy atom. The third-order valence-electron chi connectivity index (χ3n) is 2.65. The van der Waals surface area contributed by atoms with E-state index in [9.17, 15) is 13.9 Å². The zero-order chi connectivity index (χ0) is 10.3. The molecule has 2 nitrogen and oxygen atoms in total. The number of alkyl halides is 2. The number of fused-ring (bicyclic) bond motifs is 1. The fraction of sp³-hybridized carbons (Fsp3) is 0.600. The minimum absolute atomic E-state index is 0.129. The van der Waals surface area contributed by atoms with Gasteiger partial charge >= 0.3 is 0 Å². The molecule has 0 aliphatic heterocycles. The van der Waals surface area contributed by atoms with Crippen molar-refractivity contribution in [2.24, 2.45) is 5.92 Å². The van der Waals surface area contributed by atoms with Crippen molar-refractivity contribution in [1.29, 1.82) is 0 Å². The van der Waals surface area contributed by atoms with E-state index in [1.807, 2.05) is 0 Å². The van der Waals surface area contributed by atoms with Gasteiger partial charge in [0, 0.05) is 17.9 Å². The highest BCUT2D eigenvalue weighted by Crippen LogP contribution is 2.37. The monoisotopic (exact) mass is 202 g/mol. The van der Waals surface area contributed by atoms with Gasteiger partial charge in [-0.05, 0) is 19.4 Å². The quantitative estimate of drug-likeness (QED) is 0.758. The highest BCUT2D eigenvalue weighted by atomic mass is 19.3. The molecule has 1 N–H and O–H groups in total. The molecule has 0 fully saturated rings. The van der Waals surface area contributed by atoms with E-state index in [1.54, 1.807) is 13.0 Å². The lowest BCUT2D eigenvalue weighted by molar-refractivity contribution is 0.0262. The number of hydrogen-bond acceptors (Lipinski definition) is 2. The Balaban J connectivity index is 2.28. The van der Waals surface area contributed by atoms with Crippen LogP contribution in [0.2, 0.25) is 0 Å². The lowest BCUT2D eigenvalue weighted by Crippen LogP contribution is -2.22. The Morgan fingerprint density at radius 2 is 2.29 bits per heavy atom. The molecule has 1 aliphatic carbocycles. The predicted octanol–water partition coefficient (Wildman–Crippen LogP) is 2.45. The number of hydrogen-bond donors (Lipinski definition) is 1. The third kappa shape index (κ3) is 1.54. The van der Waals surface area contributed by atoms with Gasteiger partial charge in [0.2, 0.25) is 6.43 Å². The zero-order valence-corrected chi connectivity index (χ0v) is 7.84. The average molecular weight is 202 g/mol. The van der Waals surface area contributed by atoms with Crippen molar-refractivity contribution in [3.8, 4) is 0 Å². The predicted molar refractivity (Wildman–Crippen MR) is 46.2 cm³/mol. The highest BCUT2D eigenvalue weighted by molar-refractivity contribution is 5.26. The fourth-order valence-electron chi connectivity index (χ4n) is 1.95. The van der Waals surface area contributed by atoms with Crippen LogP contribution in [0.1, 0.15) is 29.6 Å². The molecule has 78 valence electrons. The smallest absolute Gasteiger partial charge is 0.241 e. The van der Waals surface area contributed by atoms with Crippen LogP contribution in [0.5, 0.6) is 0 Å². The van der Waals surface area contributed by atoms with E-state index < -0.39 is 18.4 Å². The number of rotatable bonds is 1. The summed E-state index contributed by atoms with van der Waals surface area (Å²) in [7, 11) is 0. The van der Waals surface area contributed by atoms with E-state index in [0.29, 0.717) is 17.1 Å². The van der Waals surface area contributed by atoms with E-state index in [-0.39, 0.29) is 12.8 Å². The molecule has 2 unspecified atom stereocenters. The van der Waals surface area contributed by atoms with Gasteiger partial charge in [-0.25, -0.2) is 8.78 Å². The molecule has 1 heterocycles. The van der Waals surface area contributed by atoms with E-state index in [4.69, 9.17) is 4.42 Å². The summed E-state index contributed by atoms with van der Waals surface area (Å²) >= 11 is 0. The van der Waals surface area contributed by atoms with E-state index in [2.05, 4.69) is 0 Å². The zero-order valence-electron chi connectivity index (χ0n) is 7.84. The molecule has 2 rings (SSSR count).